The summed E-state index contributed by atoms with van der Waals surface area (Å²) in [5, 5.41) is 14.4. The quantitative estimate of drug-likeness (QED) is 0.585. The zero-order valence-electron chi connectivity index (χ0n) is 19.4. The first kappa shape index (κ1) is 25.1. The van der Waals surface area contributed by atoms with Crippen LogP contribution in [0.4, 0.5) is 13.2 Å². The highest BCUT2D eigenvalue weighted by Gasteiger charge is 2.41. The molecule has 2 bridgehead atoms. The molecule has 0 radical (unpaired) electrons. The number of aromatic nitrogens is 1. The summed E-state index contributed by atoms with van der Waals surface area (Å²) in [5.74, 6) is -6.77. The molecule has 2 N–H and O–H groups in total. The Bertz CT molecular complexity index is 1290. The highest BCUT2D eigenvalue weighted by Crippen LogP contribution is 2.29. The van der Waals surface area contributed by atoms with Crippen LogP contribution in [0.2, 0.25) is 0 Å². The second kappa shape index (κ2) is 9.55. The molecule has 1 saturated heterocycles. The van der Waals surface area contributed by atoms with Gasteiger partial charge < -0.3 is 20.1 Å². The molecule has 0 saturated carbocycles. The molecule has 4 rings (SSSR count). The third-order valence-electron chi connectivity index (χ3n) is 6.33. The molecule has 13 heteroatoms. The second-order valence-corrected chi connectivity index (χ2v) is 8.68. The van der Waals surface area contributed by atoms with Crippen LogP contribution in [0.1, 0.15) is 53.1 Å². The Balaban J connectivity index is 1.71. The predicted molar refractivity (Wildman–Crippen MR) is 118 cm³/mol. The van der Waals surface area contributed by atoms with E-state index in [4.69, 9.17) is 4.74 Å². The number of carbonyl (C=O) groups is 3. The number of aromatic hydroxyl groups is 1. The summed E-state index contributed by atoms with van der Waals surface area (Å²) in [7, 11) is 0. The van der Waals surface area contributed by atoms with E-state index in [0.29, 0.717) is 25.0 Å². The van der Waals surface area contributed by atoms with E-state index in [1.54, 1.807) is 5.01 Å². The van der Waals surface area contributed by atoms with Crippen molar-refractivity contribution >= 4 is 17.8 Å². The summed E-state index contributed by atoms with van der Waals surface area (Å²) < 4.78 is 47.4. The molecule has 0 unspecified atom stereocenters. The van der Waals surface area contributed by atoms with Crippen molar-refractivity contribution in [3.63, 3.8) is 0 Å². The first-order valence-corrected chi connectivity index (χ1v) is 11.1. The Labute approximate surface area is 202 Å². The normalized spacial score (nSPS) is 19.0. The molecule has 10 nitrogen and oxygen atoms in total. The molecule has 1 aromatic heterocycles. The van der Waals surface area contributed by atoms with Gasteiger partial charge in [-0.25, -0.2) is 13.2 Å². The summed E-state index contributed by atoms with van der Waals surface area (Å²) in [6.07, 6.45) is 2.10. The second-order valence-electron chi connectivity index (χ2n) is 8.68. The van der Waals surface area contributed by atoms with E-state index in [1.807, 2.05) is 6.92 Å². The van der Waals surface area contributed by atoms with Crippen LogP contribution in [0.15, 0.2) is 23.1 Å². The number of halogens is 3. The van der Waals surface area contributed by atoms with Gasteiger partial charge in [0.05, 0.1) is 6.04 Å². The molecule has 2 aliphatic heterocycles. The van der Waals surface area contributed by atoms with Gasteiger partial charge in [0.25, 0.3) is 11.8 Å². The lowest BCUT2D eigenvalue weighted by atomic mass is 10.1. The Kier molecular flexibility index (Phi) is 6.65. The average Bonchev–Trinajstić information content (AvgIpc) is 2.94. The highest BCUT2D eigenvalue weighted by atomic mass is 19.1. The highest BCUT2D eigenvalue weighted by molar-refractivity contribution is 5.99. The van der Waals surface area contributed by atoms with Gasteiger partial charge in [-0.3, -0.25) is 28.9 Å². The van der Waals surface area contributed by atoms with Gasteiger partial charge in [0, 0.05) is 43.4 Å². The number of benzene rings is 1. The van der Waals surface area contributed by atoms with Crippen molar-refractivity contribution in [2.75, 3.05) is 18.3 Å². The van der Waals surface area contributed by atoms with E-state index >= 15 is 0 Å². The minimum Gasteiger partial charge on any atom is -0.502 e. The number of esters is 1. The largest absolute Gasteiger partial charge is 0.502 e. The van der Waals surface area contributed by atoms with E-state index in [1.165, 1.54) is 16.5 Å². The number of rotatable bonds is 5. The fourth-order valence-electron chi connectivity index (χ4n) is 4.33. The monoisotopic (exact) mass is 508 g/mol. The number of pyridine rings is 1. The van der Waals surface area contributed by atoms with Gasteiger partial charge >= 0.3 is 5.97 Å². The van der Waals surface area contributed by atoms with Crippen molar-refractivity contribution in [3.8, 4) is 5.75 Å². The van der Waals surface area contributed by atoms with Crippen molar-refractivity contribution in [3.05, 3.63) is 62.8 Å². The van der Waals surface area contributed by atoms with Gasteiger partial charge in [-0.05, 0) is 19.8 Å². The Hall–Kier alpha value is -4.03. The molecule has 0 aliphatic carbocycles. The molecule has 0 spiro atoms. The first-order chi connectivity index (χ1) is 17.0. The standard InChI is InChI=1S/C23H23F3N4O6/c1-11-3-4-14(9-36-12(2)31)30-10-28(11)23(35)19-21(33)20(32)16(8-29(19)30)22(34)27-7-15-17(25)5-13(24)6-18(15)26/h5-6,8,11,14,33H,3-4,7,9-10H2,1-2H3,(H,27,34)/t11-,14-/m0/s1. The maximum Gasteiger partial charge on any atom is 0.302 e. The molecular weight excluding hydrogens is 485 g/mol. The molecule has 2 aromatic rings. The summed E-state index contributed by atoms with van der Waals surface area (Å²) in [4.78, 5) is 51.6. The van der Waals surface area contributed by atoms with E-state index in [0.717, 1.165) is 6.20 Å². The number of ether oxygens (including phenoxy) is 1. The van der Waals surface area contributed by atoms with Crippen LogP contribution in [0, 0.1) is 17.5 Å². The van der Waals surface area contributed by atoms with Crippen LogP contribution >= 0.6 is 0 Å². The average molecular weight is 508 g/mol. The zero-order chi connectivity index (χ0) is 26.3. The summed E-state index contributed by atoms with van der Waals surface area (Å²) in [6, 6.07) is 0.207. The number of hydrogen-bond acceptors (Lipinski definition) is 7. The summed E-state index contributed by atoms with van der Waals surface area (Å²) >= 11 is 0. The molecule has 1 fully saturated rings. The smallest absolute Gasteiger partial charge is 0.302 e. The SMILES string of the molecule is CC(=O)OC[C@@H]1CC[C@H](C)N2CN1n1cc(C(=O)NCc3c(F)cc(F)cc3F)c(=O)c(O)c1C2=O. The molecule has 2 amide bonds. The van der Waals surface area contributed by atoms with Gasteiger partial charge in [0.1, 0.15) is 36.3 Å². The number of hydrogen-bond donors (Lipinski definition) is 2. The minimum absolute atomic E-state index is 0.0360. The molecule has 2 aliphatic rings. The lowest BCUT2D eigenvalue weighted by Gasteiger charge is -2.42. The van der Waals surface area contributed by atoms with Gasteiger partial charge in [-0.15, -0.1) is 0 Å². The topological polar surface area (TPSA) is 121 Å². The summed E-state index contributed by atoms with van der Waals surface area (Å²) in [6.45, 7) is 2.35. The summed E-state index contributed by atoms with van der Waals surface area (Å²) in [5.41, 5.74) is -2.73. The number of nitrogens with zero attached hydrogens (tertiary/aromatic N) is 3. The van der Waals surface area contributed by atoms with E-state index < -0.39 is 70.1 Å². The molecule has 192 valence electrons. The van der Waals surface area contributed by atoms with Gasteiger partial charge in [-0.2, -0.15) is 0 Å². The first-order valence-electron chi connectivity index (χ1n) is 11.1. The molecule has 36 heavy (non-hydrogen) atoms. The van der Waals surface area contributed by atoms with E-state index in [9.17, 15) is 37.5 Å². The van der Waals surface area contributed by atoms with Crippen LogP contribution in [0.5, 0.6) is 5.75 Å². The molecule has 1 aromatic carbocycles. The zero-order valence-corrected chi connectivity index (χ0v) is 19.4. The Morgan fingerprint density at radius 2 is 1.83 bits per heavy atom. The fraction of sp³-hybridized carbons (Fsp3) is 0.391. The molecule has 2 atom stereocenters. The maximum atomic E-state index is 13.9. The predicted octanol–water partition coefficient (Wildman–Crippen LogP) is 1.37. The minimum atomic E-state index is -1.23. The van der Waals surface area contributed by atoms with Crippen molar-refractivity contribution in [1.82, 2.24) is 14.9 Å². The third-order valence-corrected chi connectivity index (χ3v) is 6.33. The van der Waals surface area contributed by atoms with Crippen molar-refractivity contribution in [1.29, 1.82) is 0 Å². The van der Waals surface area contributed by atoms with Crippen molar-refractivity contribution < 1.29 is 37.4 Å². The number of amides is 2. The number of nitrogens with one attached hydrogen (secondary N) is 1. The fourth-order valence-corrected chi connectivity index (χ4v) is 4.33. The lowest BCUT2D eigenvalue weighted by molar-refractivity contribution is -0.141. The number of fused-ring (bicyclic) bond motifs is 4. The van der Waals surface area contributed by atoms with E-state index in [-0.39, 0.29) is 25.0 Å². The van der Waals surface area contributed by atoms with E-state index in [2.05, 4.69) is 5.32 Å². The maximum absolute atomic E-state index is 13.9. The third kappa shape index (κ3) is 4.48. The molecular formula is C23H23F3N4O6. The van der Waals surface area contributed by atoms with Gasteiger partial charge in [-0.1, -0.05) is 0 Å². The van der Waals surface area contributed by atoms with Gasteiger partial charge in [0.15, 0.2) is 11.4 Å². The van der Waals surface area contributed by atoms with Crippen LogP contribution in [0.25, 0.3) is 0 Å². The Morgan fingerprint density at radius 1 is 1.17 bits per heavy atom. The Morgan fingerprint density at radius 3 is 2.47 bits per heavy atom. The van der Waals surface area contributed by atoms with Crippen molar-refractivity contribution in [2.24, 2.45) is 0 Å². The number of carbonyl (C=O) groups excluding carboxylic acids is 3. The van der Waals surface area contributed by atoms with Crippen LogP contribution in [-0.4, -0.2) is 57.8 Å². The van der Waals surface area contributed by atoms with Crippen LogP contribution < -0.4 is 15.8 Å². The van der Waals surface area contributed by atoms with Crippen LogP contribution in [-0.2, 0) is 16.1 Å². The van der Waals surface area contributed by atoms with Crippen LogP contribution in [0.3, 0.4) is 0 Å². The van der Waals surface area contributed by atoms with Crippen molar-refractivity contribution in [2.45, 2.75) is 45.3 Å². The lowest BCUT2D eigenvalue weighted by Crippen LogP contribution is -2.58. The molecule has 3 heterocycles. The van der Waals surface area contributed by atoms with Gasteiger partial charge in [0.2, 0.25) is 5.43 Å².